The molecule has 0 heterocycles. The van der Waals surface area contributed by atoms with Gasteiger partial charge in [0.05, 0.1) is 0 Å². The quantitative estimate of drug-likeness (QED) is 0.878. The minimum atomic E-state index is -0.172. The first-order valence-electron chi connectivity index (χ1n) is 8.20. The molecule has 1 fully saturated rings. The molecule has 0 saturated heterocycles. The van der Waals surface area contributed by atoms with Crippen LogP contribution in [-0.4, -0.2) is 23.9 Å². The van der Waals surface area contributed by atoms with Crippen LogP contribution >= 0.6 is 0 Å². The second kappa shape index (κ2) is 7.97. The van der Waals surface area contributed by atoms with E-state index in [9.17, 15) is 9.59 Å². The van der Waals surface area contributed by atoms with E-state index in [4.69, 9.17) is 0 Å². The Morgan fingerprint density at radius 2 is 1.95 bits per heavy atom. The molecule has 0 radical (unpaired) electrons. The van der Waals surface area contributed by atoms with Gasteiger partial charge in [-0.1, -0.05) is 38.0 Å². The molecule has 2 amide bonds. The van der Waals surface area contributed by atoms with Crippen LogP contribution in [0.5, 0.6) is 0 Å². The van der Waals surface area contributed by atoms with Crippen molar-refractivity contribution < 1.29 is 9.59 Å². The minimum absolute atomic E-state index is 0.0277. The van der Waals surface area contributed by atoms with Crippen LogP contribution in [0.15, 0.2) is 30.3 Å². The van der Waals surface area contributed by atoms with Crippen LogP contribution < -0.4 is 10.6 Å². The second-order valence-corrected chi connectivity index (χ2v) is 6.48. The number of amides is 2. The highest BCUT2D eigenvalue weighted by atomic mass is 16.2. The molecule has 0 bridgehead atoms. The first kappa shape index (κ1) is 16.5. The van der Waals surface area contributed by atoms with Gasteiger partial charge < -0.3 is 10.6 Å². The zero-order chi connectivity index (χ0) is 15.9. The maximum atomic E-state index is 12.1. The predicted octanol–water partition coefficient (Wildman–Crippen LogP) is 2.89. The molecule has 1 aromatic rings. The Balaban J connectivity index is 1.75. The summed E-state index contributed by atoms with van der Waals surface area (Å²) in [5.41, 5.74) is 0.621. The van der Waals surface area contributed by atoms with Crippen LogP contribution in [0.4, 0.5) is 0 Å². The third-order valence-electron chi connectivity index (χ3n) is 4.21. The van der Waals surface area contributed by atoms with E-state index in [1.54, 1.807) is 12.1 Å². The summed E-state index contributed by atoms with van der Waals surface area (Å²) in [6, 6.07) is 9.20. The Morgan fingerprint density at radius 1 is 1.23 bits per heavy atom. The van der Waals surface area contributed by atoms with Gasteiger partial charge in [0.25, 0.3) is 5.91 Å². The van der Waals surface area contributed by atoms with Gasteiger partial charge in [-0.25, -0.2) is 0 Å². The van der Waals surface area contributed by atoms with Crippen LogP contribution in [0.2, 0.25) is 0 Å². The lowest BCUT2D eigenvalue weighted by atomic mass is 9.87. The molecule has 4 heteroatoms. The second-order valence-electron chi connectivity index (χ2n) is 6.48. The molecule has 0 aliphatic heterocycles. The number of rotatable bonds is 5. The standard InChI is InChI=1S/C18H26N2O2/c1-13-7-6-10-16(11-13)20-17(21)12-14(2)19-18(22)15-8-4-3-5-9-15/h3-5,8-9,13-14,16H,6-7,10-12H2,1-2H3,(H,19,22)(H,20,21). The van der Waals surface area contributed by atoms with E-state index in [1.807, 2.05) is 25.1 Å². The number of hydrogen-bond donors (Lipinski definition) is 2. The zero-order valence-electron chi connectivity index (χ0n) is 13.5. The van der Waals surface area contributed by atoms with Gasteiger partial charge in [-0.05, 0) is 37.8 Å². The highest BCUT2D eigenvalue weighted by Gasteiger charge is 2.21. The lowest BCUT2D eigenvalue weighted by Crippen LogP contribution is -2.42. The molecule has 0 aromatic heterocycles. The fraction of sp³-hybridized carbons (Fsp3) is 0.556. The Labute approximate surface area is 132 Å². The third kappa shape index (κ3) is 5.17. The van der Waals surface area contributed by atoms with Gasteiger partial charge in [0, 0.05) is 24.1 Å². The number of carbonyl (C=O) groups is 2. The number of hydrogen-bond acceptors (Lipinski definition) is 2. The van der Waals surface area contributed by atoms with Gasteiger partial charge in [0.15, 0.2) is 0 Å². The van der Waals surface area contributed by atoms with Crippen molar-refractivity contribution in [3.63, 3.8) is 0 Å². The van der Waals surface area contributed by atoms with Crippen LogP contribution in [0.1, 0.15) is 56.3 Å². The minimum Gasteiger partial charge on any atom is -0.353 e. The van der Waals surface area contributed by atoms with Gasteiger partial charge in [0.2, 0.25) is 5.91 Å². The summed E-state index contributed by atoms with van der Waals surface area (Å²) in [5, 5.41) is 5.98. The van der Waals surface area contributed by atoms with E-state index in [2.05, 4.69) is 17.6 Å². The molecule has 3 atom stereocenters. The van der Waals surface area contributed by atoms with Crippen molar-refractivity contribution in [3.05, 3.63) is 35.9 Å². The summed E-state index contributed by atoms with van der Waals surface area (Å²) in [4.78, 5) is 24.1. The number of benzene rings is 1. The Hall–Kier alpha value is -1.84. The fourth-order valence-corrected chi connectivity index (χ4v) is 3.08. The summed E-state index contributed by atoms with van der Waals surface area (Å²) in [6.07, 6.45) is 4.91. The Morgan fingerprint density at radius 3 is 2.64 bits per heavy atom. The van der Waals surface area contributed by atoms with Crippen molar-refractivity contribution in [2.45, 2.75) is 58.0 Å². The average Bonchev–Trinajstić information content (AvgIpc) is 2.47. The lowest BCUT2D eigenvalue weighted by Gasteiger charge is -2.28. The number of nitrogens with one attached hydrogen (secondary N) is 2. The molecule has 120 valence electrons. The van der Waals surface area contributed by atoms with Crippen LogP contribution in [0.25, 0.3) is 0 Å². The van der Waals surface area contributed by atoms with Gasteiger partial charge in [0.1, 0.15) is 0 Å². The maximum absolute atomic E-state index is 12.1. The largest absolute Gasteiger partial charge is 0.353 e. The maximum Gasteiger partial charge on any atom is 0.251 e. The zero-order valence-corrected chi connectivity index (χ0v) is 13.5. The molecule has 1 aliphatic rings. The molecular formula is C18H26N2O2. The molecule has 4 nitrogen and oxygen atoms in total. The molecule has 2 rings (SSSR count). The summed E-state index contributed by atoms with van der Waals surface area (Å²) in [5.74, 6) is 0.585. The van der Waals surface area contributed by atoms with Crippen molar-refractivity contribution in [2.75, 3.05) is 0 Å². The van der Waals surface area contributed by atoms with Crippen LogP contribution in [-0.2, 0) is 4.79 Å². The Bertz CT molecular complexity index is 501. The topological polar surface area (TPSA) is 58.2 Å². The van der Waals surface area contributed by atoms with Gasteiger partial charge >= 0.3 is 0 Å². The average molecular weight is 302 g/mol. The van der Waals surface area contributed by atoms with Crippen molar-refractivity contribution >= 4 is 11.8 Å². The van der Waals surface area contributed by atoms with E-state index in [0.717, 1.165) is 12.8 Å². The van der Waals surface area contributed by atoms with E-state index < -0.39 is 0 Å². The Kier molecular flexibility index (Phi) is 5.99. The highest BCUT2D eigenvalue weighted by Crippen LogP contribution is 2.23. The van der Waals surface area contributed by atoms with Crippen LogP contribution in [0.3, 0.4) is 0 Å². The van der Waals surface area contributed by atoms with E-state index in [0.29, 0.717) is 23.9 Å². The predicted molar refractivity (Wildman–Crippen MR) is 87.5 cm³/mol. The normalized spacial score (nSPS) is 22.6. The SMILES string of the molecule is CC1CCCC(NC(=O)CC(C)NC(=O)c2ccccc2)C1. The first-order chi connectivity index (χ1) is 10.5. The van der Waals surface area contributed by atoms with E-state index >= 15 is 0 Å². The highest BCUT2D eigenvalue weighted by molar-refractivity contribution is 5.94. The smallest absolute Gasteiger partial charge is 0.251 e. The molecule has 0 spiro atoms. The van der Waals surface area contributed by atoms with Crippen molar-refractivity contribution in [3.8, 4) is 0 Å². The first-order valence-corrected chi connectivity index (χ1v) is 8.20. The van der Waals surface area contributed by atoms with Crippen LogP contribution in [0, 0.1) is 5.92 Å². The fourth-order valence-electron chi connectivity index (χ4n) is 3.08. The van der Waals surface area contributed by atoms with Crippen molar-refractivity contribution in [2.24, 2.45) is 5.92 Å². The van der Waals surface area contributed by atoms with Gasteiger partial charge in [-0.3, -0.25) is 9.59 Å². The molecule has 3 unspecified atom stereocenters. The summed E-state index contributed by atoms with van der Waals surface area (Å²) in [7, 11) is 0. The molecule has 1 aromatic carbocycles. The van der Waals surface area contributed by atoms with E-state index in [-0.39, 0.29) is 17.9 Å². The van der Waals surface area contributed by atoms with Gasteiger partial charge in [-0.15, -0.1) is 0 Å². The van der Waals surface area contributed by atoms with Crippen molar-refractivity contribution in [1.82, 2.24) is 10.6 Å². The third-order valence-corrected chi connectivity index (χ3v) is 4.21. The molecule has 22 heavy (non-hydrogen) atoms. The van der Waals surface area contributed by atoms with Crippen molar-refractivity contribution in [1.29, 1.82) is 0 Å². The molecule has 1 saturated carbocycles. The summed E-state index contributed by atoms with van der Waals surface area (Å²) < 4.78 is 0. The van der Waals surface area contributed by atoms with E-state index in [1.165, 1.54) is 12.8 Å². The molecule has 2 N–H and O–H groups in total. The molecular weight excluding hydrogens is 276 g/mol. The number of carbonyl (C=O) groups excluding carboxylic acids is 2. The monoisotopic (exact) mass is 302 g/mol. The lowest BCUT2D eigenvalue weighted by molar-refractivity contribution is -0.122. The van der Waals surface area contributed by atoms with Gasteiger partial charge in [-0.2, -0.15) is 0 Å². The summed E-state index contributed by atoms with van der Waals surface area (Å²) >= 11 is 0. The summed E-state index contributed by atoms with van der Waals surface area (Å²) in [6.45, 7) is 4.10. The molecule has 1 aliphatic carbocycles.